The van der Waals surface area contributed by atoms with Crippen molar-refractivity contribution in [3.63, 3.8) is 0 Å². The van der Waals surface area contributed by atoms with Crippen molar-refractivity contribution in [1.29, 1.82) is 0 Å². The summed E-state index contributed by atoms with van der Waals surface area (Å²) in [6, 6.07) is 9.77. The van der Waals surface area contributed by atoms with Crippen LogP contribution in [0, 0.1) is 5.92 Å². The number of benzene rings is 1. The van der Waals surface area contributed by atoms with Gasteiger partial charge in [-0.3, -0.25) is 9.59 Å². The smallest absolute Gasteiger partial charge is 0.303 e. The Balaban J connectivity index is 1.92. The van der Waals surface area contributed by atoms with E-state index in [2.05, 4.69) is 5.32 Å². The minimum absolute atomic E-state index is 0.0857. The molecule has 0 bridgehead atoms. The number of rotatable bonds is 7. The third-order valence-corrected chi connectivity index (χ3v) is 3.85. The van der Waals surface area contributed by atoms with Gasteiger partial charge in [0.05, 0.1) is 0 Å². The fourth-order valence-corrected chi connectivity index (χ4v) is 2.41. The Morgan fingerprint density at radius 3 is 2.50 bits per heavy atom. The second kappa shape index (κ2) is 7.08. The van der Waals surface area contributed by atoms with Crippen LogP contribution < -0.4 is 5.32 Å². The van der Waals surface area contributed by atoms with Crippen molar-refractivity contribution in [1.82, 2.24) is 5.32 Å². The Morgan fingerprint density at radius 2 is 1.95 bits per heavy atom. The molecular weight excluding hydrogens is 254 g/mol. The molecule has 108 valence electrons. The summed E-state index contributed by atoms with van der Waals surface area (Å²) in [5.74, 6) is -0.596. The first kappa shape index (κ1) is 14.6. The summed E-state index contributed by atoms with van der Waals surface area (Å²) < 4.78 is 0. The van der Waals surface area contributed by atoms with E-state index in [4.69, 9.17) is 5.11 Å². The highest BCUT2D eigenvalue weighted by Crippen LogP contribution is 2.26. The van der Waals surface area contributed by atoms with Gasteiger partial charge in [-0.1, -0.05) is 36.8 Å². The topological polar surface area (TPSA) is 66.4 Å². The van der Waals surface area contributed by atoms with Gasteiger partial charge in [0, 0.05) is 18.4 Å². The van der Waals surface area contributed by atoms with E-state index in [1.807, 2.05) is 30.3 Å². The highest BCUT2D eigenvalue weighted by Gasteiger charge is 2.27. The first-order valence-corrected chi connectivity index (χ1v) is 7.21. The molecule has 0 radical (unpaired) electrons. The maximum Gasteiger partial charge on any atom is 0.303 e. The molecule has 4 heteroatoms. The lowest BCUT2D eigenvalue weighted by molar-refractivity contribution is -0.137. The highest BCUT2D eigenvalue weighted by atomic mass is 16.4. The molecule has 2 rings (SSSR count). The number of aliphatic carboxylic acids is 1. The molecule has 1 fully saturated rings. The predicted octanol–water partition coefficient (Wildman–Crippen LogP) is 2.38. The summed E-state index contributed by atoms with van der Waals surface area (Å²) in [6.07, 6.45) is 4.29. The number of amides is 1. The molecule has 0 spiro atoms. The lowest BCUT2D eigenvalue weighted by atomic mass is 9.84. The first-order valence-electron chi connectivity index (χ1n) is 7.21. The zero-order chi connectivity index (χ0) is 14.4. The molecule has 1 unspecified atom stereocenters. The Bertz CT molecular complexity index is 454. The Kier molecular flexibility index (Phi) is 5.16. The van der Waals surface area contributed by atoms with E-state index < -0.39 is 5.97 Å². The molecule has 1 amide bonds. The Morgan fingerprint density at radius 1 is 1.25 bits per heavy atom. The van der Waals surface area contributed by atoms with E-state index in [-0.39, 0.29) is 24.3 Å². The van der Waals surface area contributed by atoms with Crippen LogP contribution in [0.4, 0.5) is 0 Å². The molecule has 0 aliphatic heterocycles. The monoisotopic (exact) mass is 275 g/mol. The van der Waals surface area contributed by atoms with Crippen LogP contribution in [0.3, 0.4) is 0 Å². The van der Waals surface area contributed by atoms with Gasteiger partial charge in [-0.15, -0.1) is 0 Å². The lowest BCUT2D eigenvalue weighted by Gasteiger charge is -2.27. The Labute approximate surface area is 119 Å². The van der Waals surface area contributed by atoms with Crippen LogP contribution in [-0.2, 0) is 16.0 Å². The van der Waals surface area contributed by atoms with Crippen LogP contribution in [-0.4, -0.2) is 23.0 Å². The van der Waals surface area contributed by atoms with Gasteiger partial charge in [-0.25, -0.2) is 0 Å². The fraction of sp³-hybridized carbons (Fsp3) is 0.500. The van der Waals surface area contributed by atoms with Gasteiger partial charge >= 0.3 is 5.97 Å². The van der Waals surface area contributed by atoms with E-state index in [1.165, 1.54) is 0 Å². The lowest BCUT2D eigenvalue weighted by Crippen LogP contribution is -2.42. The molecule has 1 atom stereocenters. The SMILES string of the molecule is O=C(O)CCC(Cc1ccccc1)NC(=O)C1CCC1. The molecule has 2 N–H and O–H groups in total. The molecule has 1 aliphatic rings. The molecule has 1 aliphatic carbocycles. The van der Waals surface area contributed by atoms with Crippen LogP contribution in [0.25, 0.3) is 0 Å². The minimum Gasteiger partial charge on any atom is -0.481 e. The van der Waals surface area contributed by atoms with Crippen LogP contribution in [0.15, 0.2) is 30.3 Å². The van der Waals surface area contributed by atoms with Crippen LogP contribution >= 0.6 is 0 Å². The first-order chi connectivity index (χ1) is 9.65. The minimum atomic E-state index is -0.819. The number of nitrogens with one attached hydrogen (secondary N) is 1. The van der Waals surface area contributed by atoms with Crippen molar-refractivity contribution in [2.24, 2.45) is 5.92 Å². The van der Waals surface area contributed by atoms with E-state index in [0.717, 1.165) is 24.8 Å². The van der Waals surface area contributed by atoms with Crippen molar-refractivity contribution in [2.45, 2.75) is 44.6 Å². The second-order valence-corrected chi connectivity index (χ2v) is 5.46. The van der Waals surface area contributed by atoms with Crippen molar-refractivity contribution < 1.29 is 14.7 Å². The van der Waals surface area contributed by atoms with Gasteiger partial charge in [-0.05, 0) is 31.2 Å². The molecule has 0 saturated heterocycles. The molecule has 0 aromatic heterocycles. The second-order valence-electron chi connectivity index (χ2n) is 5.46. The third-order valence-electron chi connectivity index (χ3n) is 3.85. The van der Waals surface area contributed by atoms with Gasteiger partial charge in [0.2, 0.25) is 5.91 Å². The van der Waals surface area contributed by atoms with E-state index in [0.29, 0.717) is 12.8 Å². The quantitative estimate of drug-likeness (QED) is 0.803. The van der Waals surface area contributed by atoms with Crippen molar-refractivity contribution in [3.8, 4) is 0 Å². The zero-order valence-corrected chi connectivity index (χ0v) is 11.5. The molecule has 1 aromatic rings. The van der Waals surface area contributed by atoms with Crippen molar-refractivity contribution in [3.05, 3.63) is 35.9 Å². The summed E-state index contributed by atoms with van der Waals surface area (Å²) in [7, 11) is 0. The summed E-state index contributed by atoms with van der Waals surface area (Å²) in [5.41, 5.74) is 1.12. The van der Waals surface area contributed by atoms with Gasteiger partial charge in [-0.2, -0.15) is 0 Å². The van der Waals surface area contributed by atoms with Gasteiger partial charge in [0.25, 0.3) is 0 Å². The van der Waals surface area contributed by atoms with Gasteiger partial charge < -0.3 is 10.4 Å². The summed E-state index contributed by atoms with van der Waals surface area (Å²) in [6.45, 7) is 0. The Hall–Kier alpha value is -1.84. The highest BCUT2D eigenvalue weighted by molar-refractivity contribution is 5.79. The van der Waals surface area contributed by atoms with Crippen LogP contribution in [0.1, 0.15) is 37.7 Å². The molecule has 20 heavy (non-hydrogen) atoms. The normalized spacial score (nSPS) is 16.2. The number of hydrogen-bond acceptors (Lipinski definition) is 2. The zero-order valence-electron chi connectivity index (χ0n) is 11.5. The summed E-state index contributed by atoms with van der Waals surface area (Å²) in [5, 5.41) is 11.8. The van der Waals surface area contributed by atoms with Crippen LogP contribution in [0.5, 0.6) is 0 Å². The molecule has 4 nitrogen and oxygen atoms in total. The van der Waals surface area contributed by atoms with Gasteiger partial charge in [0.15, 0.2) is 0 Å². The number of carboxylic acids is 1. The third kappa shape index (κ3) is 4.37. The predicted molar refractivity (Wildman–Crippen MR) is 76.3 cm³/mol. The van der Waals surface area contributed by atoms with Crippen molar-refractivity contribution in [2.75, 3.05) is 0 Å². The van der Waals surface area contributed by atoms with E-state index in [9.17, 15) is 9.59 Å². The number of carbonyl (C=O) groups is 2. The molecular formula is C16H21NO3. The number of hydrogen-bond donors (Lipinski definition) is 2. The average molecular weight is 275 g/mol. The number of carboxylic acid groups (broad SMARTS) is 1. The van der Waals surface area contributed by atoms with Crippen LogP contribution in [0.2, 0.25) is 0 Å². The molecule has 1 aromatic carbocycles. The standard InChI is InChI=1S/C16H21NO3/c18-15(19)10-9-14(11-12-5-2-1-3-6-12)17-16(20)13-7-4-8-13/h1-3,5-6,13-14H,4,7-11H2,(H,17,20)(H,18,19). The molecule has 1 saturated carbocycles. The van der Waals surface area contributed by atoms with E-state index >= 15 is 0 Å². The summed E-state index contributed by atoms with van der Waals surface area (Å²) >= 11 is 0. The average Bonchev–Trinajstić information content (AvgIpc) is 2.35. The van der Waals surface area contributed by atoms with Gasteiger partial charge in [0.1, 0.15) is 0 Å². The van der Waals surface area contributed by atoms with Crippen molar-refractivity contribution >= 4 is 11.9 Å². The molecule has 0 heterocycles. The van der Waals surface area contributed by atoms with E-state index in [1.54, 1.807) is 0 Å². The summed E-state index contributed by atoms with van der Waals surface area (Å²) in [4.78, 5) is 22.7. The fourth-order valence-electron chi connectivity index (χ4n) is 2.41. The maximum absolute atomic E-state index is 12.0. The largest absolute Gasteiger partial charge is 0.481 e. The maximum atomic E-state index is 12.0. The number of carbonyl (C=O) groups excluding carboxylic acids is 1.